The number of aromatic nitrogens is 3. The van der Waals surface area contributed by atoms with Crippen molar-refractivity contribution >= 4 is 54.5 Å². The lowest BCUT2D eigenvalue weighted by atomic mass is 10.2. The van der Waals surface area contributed by atoms with Crippen molar-refractivity contribution in [1.29, 1.82) is 0 Å². The lowest BCUT2D eigenvalue weighted by molar-refractivity contribution is 0.102. The monoisotopic (exact) mass is 410 g/mol. The van der Waals surface area contributed by atoms with Crippen LogP contribution in [0.3, 0.4) is 0 Å². The predicted octanol–water partition coefficient (Wildman–Crippen LogP) is 3.03. The number of rotatable bonds is 2. The van der Waals surface area contributed by atoms with Crippen molar-refractivity contribution in [3.05, 3.63) is 55.6 Å². The smallest absolute Gasteiger partial charge is 0.320 e. The van der Waals surface area contributed by atoms with Crippen LogP contribution in [0.5, 0.6) is 0 Å². The Morgan fingerprint density at radius 2 is 1.86 bits per heavy atom. The minimum absolute atomic E-state index is 0.296. The molecular weight excluding hydrogens is 404 g/mol. The number of benzene rings is 1. The van der Waals surface area contributed by atoms with Crippen molar-refractivity contribution in [2.24, 2.45) is 0 Å². The Bertz CT molecular complexity index is 883. The summed E-state index contributed by atoms with van der Waals surface area (Å²) in [5.74, 6) is -0.333. The van der Waals surface area contributed by atoms with Gasteiger partial charge in [0.15, 0.2) is 0 Å². The summed E-state index contributed by atoms with van der Waals surface area (Å²) in [7, 11) is 0. The average molecular weight is 412 g/mol. The second-order valence-corrected chi connectivity index (χ2v) is 6.04. The van der Waals surface area contributed by atoms with Crippen LogP contribution in [0.4, 0.5) is 5.69 Å². The third-order valence-corrected chi connectivity index (χ3v) is 3.94. The van der Waals surface area contributed by atoms with E-state index < -0.39 is 0 Å². The number of nitrogens with one attached hydrogen (secondary N) is 3. The molecule has 2 heterocycles. The maximum absolute atomic E-state index is 12.1. The summed E-state index contributed by atoms with van der Waals surface area (Å²) in [6.45, 7) is 0. The summed E-state index contributed by atoms with van der Waals surface area (Å²) >= 11 is 6.62. The number of pyridine rings is 1. The van der Waals surface area contributed by atoms with E-state index in [0.717, 1.165) is 4.47 Å². The molecule has 21 heavy (non-hydrogen) atoms. The van der Waals surface area contributed by atoms with Crippen LogP contribution in [-0.2, 0) is 0 Å². The molecule has 0 aliphatic heterocycles. The SMILES string of the molecule is O=C(Nc1cc2[nH]c(=O)[nH]c2cc1Br)c1ccc(Br)cn1. The lowest BCUT2D eigenvalue weighted by Crippen LogP contribution is -2.13. The van der Waals surface area contributed by atoms with Gasteiger partial charge in [-0.05, 0) is 56.1 Å². The molecule has 3 rings (SSSR count). The highest BCUT2D eigenvalue weighted by atomic mass is 79.9. The van der Waals surface area contributed by atoms with Gasteiger partial charge in [0, 0.05) is 15.1 Å². The van der Waals surface area contributed by atoms with Gasteiger partial charge in [-0.25, -0.2) is 9.78 Å². The minimum atomic E-state index is -0.333. The van der Waals surface area contributed by atoms with E-state index in [9.17, 15) is 9.59 Å². The van der Waals surface area contributed by atoms with Crippen LogP contribution >= 0.6 is 31.9 Å². The number of amides is 1. The molecule has 0 unspecified atom stereocenters. The Kier molecular flexibility index (Phi) is 3.64. The van der Waals surface area contributed by atoms with Gasteiger partial charge in [-0.1, -0.05) is 0 Å². The van der Waals surface area contributed by atoms with Crippen molar-refractivity contribution in [3.63, 3.8) is 0 Å². The summed E-state index contributed by atoms with van der Waals surface area (Å²) in [5.41, 5.74) is 1.82. The zero-order valence-electron chi connectivity index (χ0n) is 10.4. The molecule has 0 spiro atoms. The number of anilines is 1. The molecule has 1 aromatic carbocycles. The molecule has 106 valence electrons. The van der Waals surface area contributed by atoms with E-state index >= 15 is 0 Å². The van der Waals surface area contributed by atoms with Gasteiger partial charge in [0.2, 0.25) is 0 Å². The van der Waals surface area contributed by atoms with Crippen molar-refractivity contribution in [3.8, 4) is 0 Å². The van der Waals surface area contributed by atoms with E-state index in [1.54, 1.807) is 30.5 Å². The molecule has 2 aromatic heterocycles. The summed E-state index contributed by atoms with van der Waals surface area (Å²) in [4.78, 5) is 32.7. The molecule has 8 heteroatoms. The number of carbonyl (C=O) groups excluding carboxylic acids is 1. The van der Waals surface area contributed by atoms with Gasteiger partial charge in [0.05, 0.1) is 16.7 Å². The maximum atomic E-state index is 12.1. The number of hydrogen-bond donors (Lipinski definition) is 3. The maximum Gasteiger partial charge on any atom is 0.323 e. The summed E-state index contributed by atoms with van der Waals surface area (Å²) < 4.78 is 1.46. The van der Waals surface area contributed by atoms with E-state index in [0.29, 0.717) is 26.9 Å². The molecule has 0 saturated heterocycles. The molecule has 0 bridgehead atoms. The van der Waals surface area contributed by atoms with Crippen LogP contribution in [0.2, 0.25) is 0 Å². The average Bonchev–Trinajstić information content (AvgIpc) is 2.79. The van der Waals surface area contributed by atoms with Crippen LogP contribution in [0.15, 0.2) is 44.2 Å². The van der Waals surface area contributed by atoms with Crippen LogP contribution in [0.1, 0.15) is 10.5 Å². The first kappa shape index (κ1) is 14.0. The number of imidazole rings is 1. The van der Waals surface area contributed by atoms with E-state index in [2.05, 4.69) is 52.1 Å². The fourth-order valence-corrected chi connectivity index (χ4v) is 2.53. The highest BCUT2D eigenvalue weighted by Crippen LogP contribution is 2.26. The van der Waals surface area contributed by atoms with Crippen molar-refractivity contribution in [1.82, 2.24) is 15.0 Å². The standard InChI is InChI=1S/C13H8Br2N4O2/c14-6-1-2-8(16-5-6)12(20)17-9-4-11-10(3-7(9)15)18-13(21)19-11/h1-5H,(H,17,20)(H2,18,19,21). The van der Waals surface area contributed by atoms with E-state index in [1.807, 2.05) is 0 Å². The van der Waals surface area contributed by atoms with E-state index in [-0.39, 0.29) is 11.6 Å². The molecule has 0 aliphatic carbocycles. The number of nitrogens with zero attached hydrogens (tertiary/aromatic N) is 1. The van der Waals surface area contributed by atoms with Gasteiger partial charge in [-0.15, -0.1) is 0 Å². The summed E-state index contributed by atoms with van der Waals surface area (Å²) in [6.07, 6.45) is 1.55. The number of fused-ring (bicyclic) bond motifs is 1. The number of carbonyl (C=O) groups is 1. The first-order chi connectivity index (χ1) is 10.0. The molecule has 0 radical (unpaired) electrons. The number of H-pyrrole nitrogens is 2. The highest BCUT2D eigenvalue weighted by molar-refractivity contribution is 9.10. The van der Waals surface area contributed by atoms with Crippen LogP contribution in [0.25, 0.3) is 11.0 Å². The second-order valence-electron chi connectivity index (χ2n) is 4.27. The quantitative estimate of drug-likeness (QED) is 0.605. The Labute approximate surface area is 135 Å². The molecule has 1 amide bonds. The van der Waals surface area contributed by atoms with Crippen LogP contribution in [-0.4, -0.2) is 20.9 Å². The van der Waals surface area contributed by atoms with Crippen LogP contribution in [0, 0.1) is 0 Å². The van der Waals surface area contributed by atoms with Crippen molar-refractivity contribution in [2.45, 2.75) is 0 Å². The van der Waals surface area contributed by atoms with E-state index in [4.69, 9.17) is 0 Å². The third-order valence-electron chi connectivity index (χ3n) is 2.81. The molecule has 3 aromatic rings. The van der Waals surface area contributed by atoms with E-state index in [1.165, 1.54) is 0 Å². The van der Waals surface area contributed by atoms with Gasteiger partial charge in [-0.3, -0.25) is 4.79 Å². The van der Waals surface area contributed by atoms with Crippen molar-refractivity contribution in [2.75, 3.05) is 5.32 Å². The zero-order valence-corrected chi connectivity index (χ0v) is 13.6. The number of hydrogen-bond acceptors (Lipinski definition) is 3. The molecular formula is C13H8Br2N4O2. The Morgan fingerprint density at radius 3 is 2.52 bits per heavy atom. The van der Waals surface area contributed by atoms with Crippen LogP contribution < -0.4 is 11.0 Å². The Morgan fingerprint density at radius 1 is 1.14 bits per heavy atom. The number of halogens is 2. The fraction of sp³-hybridized carbons (Fsp3) is 0. The van der Waals surface area contributed by atoms with Crippen molar-refractivity contribution < 1.29 is 4.79 Å². The first-order valence-corrected chi connectivity index (χ1v) is 7.46. The summed E-state index contributed by atoms with van der Waals surface area (Å²) in [5, 5.41) is 2.75. The molecule has 0 saturated carbocycles. The predicted molar refractivity (Wildman–Crippen MR) is 86.5 cm³/mol. The topological polar surface area (TPSA) is 90.6 Å². The number of aromatic amines is 2. The highest BCUT2D eigenvalue weighted by Gasteiger charge is 2.11. The fourth-order valence-electron chi connectivity index (χ4n) is 1.85. The van der Waals surface area contributed by atoms with Gasteiger partial charge < -0.3 is 15.3 Å². The van der Waals surface area contributed by atoms with Gasteiger partial charge in [0.1, 0.15) is 5.69 Å². The second kappa shape index (κ2) is 5.45. The zero-order chi connectivity index (χ0) is 15.0. The molecule has 0 atom stereocenters. The van der Waals surface area contributed by atoms with Gasteiger partial charge in [0.25, 0.3) is 5.91 Å². The normalized spacial score (nSPS) is 10.8. The third kappa shape index (κ3) is 2.91. The Balaban J connectivity index is 1.93. The van der Waals surface area contributed by atoms with Gasteiger partial charge >= 0.3 is 5.69 Å². The van der Waals surface area contributed by atoms with Gasteiger partial charge in [-0.2, -0.15) is 0 Å². The largest absolute Gasteiger partial charge is 0.323 e. The Hall–Kier alpha value is -1.93. The molecule has 0 fully saturated rings. The molecule has 6 nitrogen and oxygen atoms in total. The first-order valence-electron chi connectivity index (χ1n) is 5.87. The minimum Gasteiger partial charge on any atom is -0.320 e. The summed E-state index contributed by atoms with van der Waals surface area (Å²) in [6, 6.07) is 6.75. The molecule has 0 aliphatic rings. The lowest BCUT2D eigenvalue weighted by Gasteiger charge is -2.07. The molecule has 3 N–H and O–H groups in total.